The summed E-state index contributed by atoms with van der Waals surface area (Å²) in [5.41, 5.74) is -0.786. The first-order chi connectivity index (χ1) is 7.41. The van der Waals surface area contributed by atoms with Gasteiger partial charge in [0, 0.05) is 6.07 Å². The van der Waals surface area contributed by atoms with Crippen molar-refractivity contribution in [1.29, 1.82) is 0 Å². The smallest absolute Gasteiger partial charge is 0.341 e. The Kier molecular flexibility index (Phi) is 3.87. The van der Waals surface area contributed by atoms with Crippen LogP contribution in [0.25, 0.3) is 0 Å². The number of nitrogens with zero attached hydrogens (tertiary/aromatic N) is 1. The Morgan fingerprint density at radius 3 is 2.62 bits per heavy atom. The molecule has 0 saturated heterocycles. The van der Waals surface area contributed by atoms with Crippen molar-refractivity contribution in [1.82, 2.24) is 4.98 Å². The van der Waals surface area contributed by atoms with E-state index in [0.29, 0.717) is 6.07 Å². The zero-order valence-corrected chi connectivity index (χ0v) is 8.76. The van der Waals surface area contributed by atoms with Crippen LogP contribution in [0.4, 0.5) is 13.2 Å². The Balaban J connectivity index is 2.91. The SMILES string of the molecule is CC(C)COC(=O)c1cc(F)nc(F)c1F. The van der Waals surface area contributed by atoms with Crippen LogP contribution < -0.4 is 0 Å². The highest BCUT2D eigenvalue weighted by atomic mass is 19.2. The second-order valence-electron chi connectivity index (χ2n) is 3.59. The van der Waals surface area contributed by atoms with Gasteiger partial charge in [0.05, 0.1) is 6.61 Å². The molecule has 0 fully saturated rings. The molecule has 0 saturated carbocycles. The fourth-order valence-electron chi connectivity index (χ4n) is 0.937. The number of ether oxygens (including phenoxy) is 1. The summed E-state index contributed by atoms with van der Waals surface area (Å²) in [7, 11) is 0. The predicted molar refractivity (Wildman–Crippen MR) is 49.2 cm³/mol. The van der Waals surface area contributed by atoms with Gasteiger partial charge >= 0.3 is 5.97 Å². The number of pyridine rings is 1. The molecule has 0 amide bonds. The van der Waals surface area contributed by atoms with Gasteiger partial charge in [0.15, 0.2) is 5.82 Å². The van der Waals surface area contributed by atoms with Crippen molar-refractivity contribution < 1.29 is 22.7 Å². The number of hydrogen-bond acceptors (Lipinski definition) is 3. The summed E-state index contributed by atoms with van der Waals surface area (Å²) < 4.78 is 43.0. The van der Waals surface area contributed by atoms with Crippen molar-refractivity contribution in [2.75, 3.05) is 6.61 Å². The lowest BCUT2D eigenvalue weighted by molar-refractivity contribution is 0.0451. The molecule has 3 nitrogen and oxygen atoms in total. The molecule has 0 aromatic carbocycles. The Bertz CT molecular complexity index is 407. The second kappa shape index (κ2) is 4.96. The number of hydrogen-bond donors (Lipinski definition) is 0. The zero-order valence-electron chi connectivity index (χ0n) is 8.76. The van der Waals surface area contributed by atoms with Gasteiger partial charge < -0.3 is 4.74 Å². The molecule has 16 heavy (non-hydrogen) atoms. The summed E-state index contributed by atoms with van der Waals surface area (Å²) in [6, 6.07) is 0.501. The van der Waals surface area contributed by atoms with Crippen LogP contribution >= 0.6 is 0 Å². The van der Waals surface area contributed by atoms with Crippen LogP contribution in [0.15, 0.2) is 6.07 Å². The van der Waals surface area contributed by atoms with Crippen LogP contribution in [0.1, 0.15) is 24.2 Å². The number of aromatic nitrogens is 1. The molecular formula is C10H10F3NO2. The highest BCUT2D eigenvalue weighted by Crippen LogP contribution is 2.13. The summed E-state index contributed by atoms with van der Waals surface area (Å²) in [6.07, 6.45) is 0. The monoisotopic (exact) mass is 233 g/mol. The average molecular weight is 233 g/mol. The van der Waals surface area contributed by atoms with Crippen LogP contribution in [0.2, 0.25) is 0 Å². The molecule has 1 aromatic heterocycles. The maximum Gasteiger partial charge on any atom is 0.341 e. The first kappa shape index (κ1) is 12.5. The highest BCUT2D eigenvalue weighted by Gasteiger charge is 2.20. The van der Waals surface area contributed by atoms with Crippen molar-refractivity contribution in [2.45, 2.75) is 13.8 Å². The van der Waals surface area contributed by atoms with E-state index in [0.717, 1.165) is 0 Å². The first-order valence-corrected chi connectivity index (χ1v) is 4.60. The lowest BCUT2D eigenvalue weighted by Crippen LogP contribution is -2.14. The van der Waals surface area contributed by atoms with Gasteiger partial charge in [-0.1, -0.05) is 13.8 Å². The van der Waals surface area contributed by atoms with Gasteiger partial charge in [-0.25, -0.2) is 9.18 Å². The molecule has 0 spiro atoms. The molecule has 0 unspecified atom stereocenters. The standard InChI is InChI=1S/C10H10F3NO2/c1-5(2)4-16-10(15)6-3-7(11)14-9(13)8(6)12/h3,5H,4H2,1-2H3. The van der Waals surface area contributed by atoms with E-state index >= 15 is 0 Å². The van der Waals surface area contributed by atoms with E-state index < -0.39 is 29.2 Å². The largest absolute Gasteiger partial charge is 0.462 e. The summed E-state index contributed by atoms with van der Waals surface area (Å²) in [5.74, 6) is -5.49. The van der Waals surface area contributed by atoms with Gasteiger partial charge in [-0.05, 0) is 5.92 Å². The third-order valence-electron chi connectivity index (χ3n) is 1.65. The Hall–Kier alpha value is -1.59. The molecule has 0 N–H and O–H groups in total. The Labute approximate surface area is 90.2 Å². The first-order valence-electron chi connectivity index (χ1n) is 4.60. The van der Waals surface area contributed by atoms with Crippen molar-refractivity contribution in [2.24, 2.45) is 5.92 Å². The molecule has 0 bridgehead atoms. The molecule has 1 heterocycles. The summed E-state index contributed by atoms with van der Waals surface area (Å²) in [6.45, 7) is 3.60. The van der Waals surface area contributed by atoms with Crippen molar-refractivity contribution in [3.63, 3.8) is 0 Å². The van der Waals surface area contributed by atoms with Crippen LogP contribution in [0.3, 0.4) is 0 Å². The van der Waals surface area contributed by atoms with E-state index in [1.54, 1.807) is 13.8 Å². The zero-order chi connectivity index (χ0) is 12.3. The minimum atomic E-state index is -1.66. The topological polar surface area (TPSA) is 39.2 Å². The molecule has 0 aliphatic carbocycles. The molecule has 1 aromatic rings. The summed E-state index contributed by atoms with van der Waals surface area (Å²) in [4.78, 5) is 13.8. The number of esters is 1. The molecular weight excluding hydrogens is 223 g/mol. The molecule has 0 radical (unpaired) electrons. The van der Waals surface area contributed by atoms with Crippen molar-refractivity contribution >= 4 is 5.97 Å². The van der Waals surface area contributed by atoms with E-state index in [9.17, 15) is 18.0 Å². The van der Waals surface area contributed by atoms with E-state index in [2.05, 4.69) is 9.72 Å². The van der Waals surface area contributed by atoms with Gasteiger partial charge in [-0.15, -0.1) is 0 Å². The quantitative estimate of drug-likeness (QED) is 0.594. The maximum atomic E-state index is 13.1. The predicted octanol–water partition coefficient (Wildman–Crippen LogP) is 2.31. The van der Waals surface area contributed by atoms with Gasteiger partial charge in [0.2, 0.25) is 5.95 Å². The van der Waals surface area contributed by atoms with Crippen LogP contribution in [-0.2, 0) is 4.74 Å². The normalized spacial score (nSPS) is 10.6. The number of halogens is 3. The fraction of sp³-hybridized carbons (Fsp3) is 0.400. The van der Waals surface area contributed by atoms with E-state index in [4.69, 9.17) is 0 Å². The van der Waals surface area contributed by atoms with Crippen LogP contribution in [-0.4, -0.2) is 17.6 Å². The maximum absolute atomic E-state index is 13.1. The molecule has 0 aliphatic heterocycles. The molecule has 88 valence electrons. The van der Waals surface area contributed by atoms with Crippen molar-refractivity contribution in [3.8, 4) is 0 Å². The van der Waals surface area contributed by atoms with Gasteiger partial charge in [-0.3, -0.25) is 0 Å². The minimum Gasteiger partial charge on any atom is -0.462 e. The molecule has 6 heteroatoms. The Morgan fingerprint density at radius 1 is 1.44 bits per heavy atom. The van der Waals surface area contributed by atoms with Gasteiger partial charge in [-0.2, -0.15) is 13.8 Å². The third-order valence-corrected chi connectivity index (χ3v) is 1.65. The van der Waals surface area contributed by atoms with E-state index in [-0.39, 0.29) is 12.5 Å². The lowest BCUT2D eigenvalue weighted by Gasteiger charge is -2.07. The molecule has 0 aliphatic rings. The third kappa shape index (κ3) is 2.95. The van der Waals surface area contributed by atoms with Crippen LogP contribution in [0.5, 0.6) is 0 Å². The van der Waals surface area contributed by atoms with Gasteiger partial charge in [0.25, 0.3) is 5.95 Å². The number of carbonyl (C=O) groups excluding carboxylic acids is 1. The van der Waals surface area contributed by atoms with Crippen molar-refractivity contribution in [3.05, 3.63) is 29.3 Å². The minimum absolute atomic E-state index is 0.0449. The Morgan fingerprint density at radius 2 is 2.06 bits per heavy atom. The fourth-order valence-corrected chi connectivity index (χ4v) is 0.937. The van der Waals surface area contributed by atoms with Gasteiger partial charge in [0.1, 0.15) is 5.56 Å². The van der Waals surface area contributed by atoms with E-state index in [1.165, 1.54) is 0 Å². The highest BCUT2D eigenvalue weighted by molar-refractivity contribution is 5.89. The average Bonchev–Trinajstić information content (AvgIpc) is 2.19. The summed E-state index contributed by atoms with van der Waals surface area (Å²) in [5, 5.41) is 0. The summed E-state index contributed by atoms with van der Waals surface area (Å²) >= 11 is 0. The lowest BCUT2D eigenvalue weighted by atomic mass is 10.2. The number of carbonyl (C=O) groups is 1. The van der Waals surface area contributed by atoms with Crippen LogP contribution in [0, 0.1) is 23.6 Å². The molecule has 1 rings (SSSR count). The molecule has 0 atom stereocenters. The second-order valence-corrected chi connectivity index (χ2v) is 3.59. The van der Waals surface area contributed by atoms with E-state index in [1.807, 2.05) is 0 Å². The number of rotatable bonds is 3.